The van der Waals surface area contributed by atoms with Crippen LogP contribution in [0.3, 0.4) is 0 Å². The van der Waals surface area contributed by atoms with E-state index in [0.29, 0.717) is 37.7 Å². The Morgan fingerprint density at radius 3 is 2.59 bits per heavy atom. The summed E-state index contributed by atoms with van der Waals surface area (Å²) >= 11 is 0. The number of carbonyl (C=O) groups excluding carboxylic acids is 1. The number of ether oxygens (including phenoxy) is 3. The van der Waals surface area contributed by atoms with Gasteiger partial charge in [-0.05, 0) is 76.2 Å². The molecule has 8 nitrogen and oxygen atoms in total. The SMILES string of the molecule is CCOc1cc(C2=NN(C(=O)C(N)Cc3ccc(OCCN(C)C)cc3)CCC2)ccc1OC. The molecule has 2 aromatic rings. The second kappa shape index (κ2) is 12.4. The molecule has 3 rings (SSSR count). The monoisotopic (exact) mass is 468 g/mol. The van der Waals surface area contributed by atoms with E-state index < -0.39 is 6.04 Å². The van der Waals surface area contributed by atoms with Gasteiger partial charge in [0.2, 0.25) is 0 Å². The van der Waals surface area contributed by atoms with E-state index in [1.165, 1.54) is 5.01 Å². The molecule has 0 saturated carbocycles. The van der Waals surface area contributed by atoms with Crippen molar-refractivity contribution in [2.24, 2.45) is 10.8 Å². The fraction of sp³-hybridized carbons (Fsp3) is 0.462. The summed E-state index contributed by atoms with van der Waals surface area (Å²) < 4.78 is 16.8. The van der Waals surface area contributed by atoms with Crippen LogP contribution >= 0.6 is 0 Å². The summed E-state index contributed by atoms with van der Waals surface area (Å²) in [5, 5.41) is 6.14. The molecule has 0 aliphatic carbocycles. The lowest BCUT2D eigenvalue weighted by Gasteiger charge is -2.26. The molecule has 8 heteroatoms. The number of hydrazone groups is 1. The molecule has 2 N–H and O–H groups in total. The Morgan fingerprint density at radius 1 is 1.15 bits per heavy atom. The normalized spacial score (nSPS) is 14.5. The first kappa shape index (κ1) is 25.5. The number of rotatable bonds is 11. The molecule has 0 saturated heterocycles. The molecule has 184 valence electrons. The van der Waals surface area contributed by atoms with Gasteiger partial charge in [-0.2, -0.15) is 5.10 Å². The molecule has 0 bridgehead atoms. The van der Waals surface area contributed by atoms with Gasteiger partial charge >= 0.3 is 0 Å². The van der Waals surface area contributed by atoms with Gasteiger partial charge in [0.1, 0.15) is 12.4 Å². The van der Waals surface area contributed by atoms with E-state index in [1.54, 1.807) is 7.11 Å². The van der Waals surface area contributed by atoms with Gasteiger partial charge in [-0.3, -0.25) is 4.79 Å². The van der Waals surface area contributed by atoms with Crippen LogP contribution in [0.25, 0.3) is 0 Å². The molecule has 0 radical (unpaired) electrons. The molecule has 1 unspecified atom stereocenters. The van der Waals surface area contributed by atoms with Crippen LogP contribution in [-0.4, -0.2) is 75.1 Å². The average Bonchev–Trinajstić information content (AvgIpc) is 2.84. The highest BCUT2D eigenvalue weighted by molar-refractivity contribution is 6.02. The van der Waals surface area contributed by atoms with Crippen LogP contribution in [0.5, 0.6) is 17.2 Å². The van der Waals surface area contributed by atoms with Crippen LogP contribution in [0.1, 0.15) is 30.9 Å². The van der Waals surface area contributed by atoms with Crippen molar-refractivity contribution in [3.8, 4) is 17.2 Å². The highest BCUT2D eigenvalue weighted by Crippen LogP contribution is 2.29. The highest BCUT2D eigenvalue weighted by Gasteiger charge is 2.25. The predicted molar refractivity (Wildman–Crippen MR) is 134 cm³/mol. The molecular formula is C26H36N4O4. The Balaban J connectivity index is 1.64. The van der Waals surface area contributed by atoms with Crippen LogP contribution in [0.15, 0.2) is 47.6 Å². The molecule has 1 aliphatic heterocycles. The summed E-state index contributed by atoms with van der Waals surface area (Å²) in [6, 6.07) is 12.8. The van der Waals surface area contributed by atoms with Crippen molar-refractivity contribution in [3.63, 3.8) is 0 Å². The van der Waals surface area contributed by atoms with Gasteiger partial charge in [0.15, 0.2) is 11.5 Å². The molecular weight excluding hydrogens is 432 g/mol. The summed E-state index contributed by atoms with van der Waals surface area (Å²) in [6.45, 7) is 4.50. The van der Waals surface area contributed by atoms with Crippen molar-refractivity contribution in [1.29, 1.82) is 0 Å². The number of benzene rings is 2. The summed E-state index contributed by atoms with van der Waals surface area (Å²) in [4.78, 5) is 15.1. The van der Waals surface area contributed by atoms with Gasteiger partial charge in [-0.25, -0.2) is 5.01 Å². The number of nitrogens with two attached hydrogens (primary N) is 1. The van der Waals surface area contributed by atoms with Crippen LogP contribution in [-0.2, 0) is 11.2 Å². The van der Waals surface area contributed by atoms with Gasteiger partial charge in [-0.1, -0.05) is 12.1 Å². The minimum absolute atomic E-state index is 0.179. The fourth-order valence-corrected chi connectivity index (χ4v) is 3.73. The maximum absolute atomic E-state index is 13.0. The molecule has 1 atom stereocenters. The Bertz CT molecular complexity index is 975. The summed E-state index contributed by atoms with van der Waals surface area (Å²) in [7, 11) is 5.63. The number of nitrogens with zero attached hydrogens (tertiary/aromatic N) is 3. The number of amides is 1. The summed E-state index contributed by atoms with van der Waals surface area (Å²) in [5.74, 6) is 1.97. The lowest BCUT2D eigenvalue weighted by molar-refractivity contribution is -0.132. The van der Waals surface area contributed by atoms with E-state index in [9.17, 15) is 4.79 Å². The summed E-state index contributed by atoms with van der Waals surface area (Å²) in [5.41, 5.74) is 9.03. The topological polar surface area (TPSA) is 89.6 Å². The van der Waals surface area contributed by atoms with E-state index in [4.69, 9.17) is 19.9 Å². The zero-order valence-corrected chi connectivity index (χ0v) is 20.6. The van der Waals surface area contributed by atoms with E-state index >= 15 is 0 Å². The van der Waals surface area contributed by atoms with Gasteiger partial charge < -0.3 is 24.8 Å². The van der Waals surface area contributed by atoms with Gasteiger partial charge in [0.25, 0.3) is 5.91 Å². The fourth-order valence-electron chi connectivity index (χ4n) is 3.73. The molecule has 0 spiro atoms. The number of hydrogen-bond acceptors (Lipinski definition) is 7. The first-order valence-corrected chi connectivity index (χ1v) is 11.7. The van der Waals surface area contributed by atoms with Crippen molar-refractivity contribution in [2.75, 3.05) is 47.5 Å². The molecule has 1 aliphatic rings. The Kier molecular flexibility index (Phi) is 9.30. The lowest BCUT2D eigenvalue weighted by atomic mass is 10.0. The van der Waals surface area contributed by atoms with E-state index in [1.807, 2.05) is 63.5 Å². The predicted octanol–water partition coefficient (Wildman–Crippen LogP) is 2.93. The van der Waals surface area contributed by atoms with Gasteiger partial charge in [0, 0.05) is 18.7 Å². The van der Waals surface area contributed by atoms with Crippen LogP contribution in [0, 0.1) is 0 Å². The number of hydrogen-bond donors (Lipinski definition) is 1. The van der Waals surface area contributed by atoms with E-state index in [0.717, 1.165) is 42.0 Å². The van der Waals surface area contributed by atoms with Crippen molar-refractivity contribution in [1.82, 2.24) is 9.91 Å². The Hall–Kier alpha value is -3.10. The number of carbonyl (C=O) groups is 1. The zero-order valence-electron chi connectivity index (χ0n) is 20.6. The third-order valence-electron chi connectivity index (χ3n) is 5.58. The molecule has 0 aromatic heterocycles. The van der Waals surface area contributed by atoms with Crippen molar-refractivity contribution in [2.45, 2.75) is 32.2 Å². The second-order valence-electron chi connectivity index (χ2n) is 8.52. The summed E-state index contributed by atoms with van der Waals surface area (Å²) in [6.07, 6.45) is 2.05. The lowest BCUT2D eigenvalue weighted by Crippen LogP contribution is -2.44. The largest absolute Gasteiger partial charge is 0.493 e. The second-order valence-corrected chi connectivity index (χ2v) is 8.52. The minimum atomic E-state index is -0.668. The molecule has 1 amide bonds. The third-order valence-corrected chi connectivity index (χ3v) is 5.58. The van der Waals surface area contributed by atoms with Crippen LogP contribution in [0.4, 0.5) is 0 Å². The smallest absolute Gasteiger partial charge is 0.259 e. The number of methoxy groups -OCH3 is 1. The number of likely N-dealkylation sites (N-methyl/N-ethyl adjacent to an activating group) is 1. The first-order valence-electron chi connectivity index (χ1n) is 11.7. The molecule has 0 fully saturated rings. The standard InChI is InChI=1S/C26H36N4O4/c1-5-33-25-18-20(10-13-24(25)32-4)23-7-6-14-30(28-23)26(31)22(27)17-19-8-11-21(12-9-19)34-16-15-29(2)3/h8-13,18,22H,5-7,14-17,27H2,1-4H3. The van der Waals surface area contributed by atoms with Crippen LogP contribution in [0.2, 0.25) is 0 Å². The van der Waals surface area contributed by atoms with Gasteiger partial charge in [-0.15, -0.1) is 0 Å². The van der Waals surface area contributed by atoms with Gasteiger partial charge in [0.05, 0.1) is 25.5 Å². The van der Waals surface area contributed by atoms with E-state index in [2.05, 4.69) is 10.0 Å². The third kappa shape index (κ3) is 6.95. The maximum Gasteiger partial charge on any atom is 0.259 e. The van der Waals surface area contributed by atoms with Crippen molar-refractivity contribution in [3.05, 3.63) is 53.6 Å². The molecule has 34 heavy (non-hydrogen) atoms. The highest BCUT2D eigenvalue weighted by atomic mass is 16.5. The minimum Gasteiger partial charge on any atom is -0.493 e. The maximum atomic E-state index is 13.0. The van der Waals surface area contributed by atoms with Crippen molar-refractivity contribution >= 4 is 11.6 Å². The Morgan fingerprint density at radius 2 is 1.91 bits per heavy atom. The van der Waals surface area contributed by atoms with Crippen molar-refractivity contribution < 1.29 is 19.0 Å². The average molecular weight is 469 g/mol. The first-order chi connectivity index (χ1) is 16.4. The quantitative estimate of drug-likeness (QED) is 0.545. The van der Waals surface area contributed by atoms with Crippen LogP contribution < -0.4 is 19.9 Å². The molecule has 1 heterocycles. The molecule has 2 aromatic carbocycles. The van der Waals surface area contributed by atoms with E-state index in [-0.39, 0.29) is 5.91 Å². The Labute approximate surface area is 202 Å². The zero-order chi connectivity index (χ0) is 24.5.